The minimum absolute atomic E-state index is 0.0474. The van der Waals surface area contributed by atoms with E-state index in [2.05, 4.69) is 40.4 Å². The Labute approximate surface area is 138 Å². The number of halogens is 3. The van der Waals surface area contributed by atoms with Crippen molar-refractivity contribution in [2.24, 2.45) is 0 Å². The summed E-state index contributed by atoms with van der Waals surface area (Å²) in [7, 11) is 0. The van der Waals surface area contributed by atoms with Gasteiger partial charge in [-0.25, -0.2) is 0 Å². The van der Waals surface area contributed by atoms with Crippen molar-refractivity contribution in [2.45, 2.75) is 45.7 Å². The van der Waals surface area contributed by atoms with Gasteiger partial charge in [-0.1, -0.05) is 37.0 Å². The van der Waals surface area contributed by atoms with Gasteiger partial charge in [0, 0.05) is 10.5 Å². The molecule has 0 heterocycles. The summed E-state index contributed by atoms with van der Waals surface area (Å²) in [5, 5.41) is 6.92. The summed E-state index contributed by atoms with van der Waals surface area (Å²) >= 11 is 15.5. The Morgan fingerprint density at radius 1 is 1.25 bits per heavy atom. The van der Waals surface area contributed by atoms with E-state index in [0.29, 0.717) is 15.7 Å². The summed E-state index contributed by atoms with van der Waals surface area (Å²) in [6.07, 6.45) is 1.83. The lowest BCUT2D eigenvalue weighted by molar-refractivity contribution is -0.122. The molecule has 0 bridgehead atoms. The summed E-state index contributed by atoms with van der Waals surface area (Å²) in [5.74, 6) is -0.0474. The van der Waals surface area contributed by atoms with Gasteiger partial charge < -0.3 is 10.6 Å². The number of anilines is 1. The SMILES string of the molecule is CCC(CC)NC(=O)C(C)Nc1ccc(Br)c(Cl)c1Cl. The monoisotopic (exact) mass is 380 g/mol. The molecule has 3 nitrogen and oxygen atoms in total. The van der Waals surface area contributed by atoms with Crippen molar-refractivity contribution in [1.82, 2.24) is 5.32 Å². The maximum atomic E-state index is 12.1. The lowest BCUT2D eigenvalue weighted by atomic mass is 10.1. The van der Waals surface area contributed by atoms with Crippen molar-refractivity contribution in [2.75, 3.05) is 5.32 Å². The molecule has 0 saturated heterocycles. The summed E-state index contributed by atoms with van der Waals surface area (Å²) in [5.41, 5.74) is 0.645. The molecule has 0 aliphatic heterocycles. The van der Waals surface area contributed by atoms with Crippen molar-refractivity contribution in [1.29, 1.82) is 0 Å². The molecule has 0 aromatic heterocycles. The fraction of sp³-hybridized carbons (Fsp3) is 0.500. The topological polar surface area (TPSA) is 41.1 Å². The van der Waals surface area contributed by atoms with Crippen LogP contribution in [0.3, 0.4) is 0 Å². The van der Waals surface area contributed by atoms with Crippen LogP contribution >= 0.6 is 39.1 Å². The van der Waals surface area contributed by atoms with Crippen LogP contribution in [0.2, 0.25) is 10.0 Å². The Hall–Kier alpha value is -0.450. The minimum atomic E-state index is -0.384. The third-order valence-electron chi connectivity index (χ3n) is 3.13. The molecule has 1 aromatic rings. The lowest BCUT2D eigenvalue weighted by Gasteiger charge is -2.20. The van der Waals surface area contributed by atoms with E-state index >= 15 is 0 Å². The number of hydrogen-bond donors (Lipinski definition) is 2. The minimum Gasteiger partial charge on any atom is -0.373 e. The fourth-order valence-corrected chi connectivity index (χ4v) is 2.58. The Balaban J connectivity index is 2.73. The molecule has 112 valence electrons. The molecule has 6 heteroatoms. The zero-order valence-electron chi connectivity index (χ0n) is 11.8. The molecule has 0 aliphatic carbocycles. The molecular formula is C14H19BrCl2N2O. The molecule has 1 aromatic carbocycles. The van der Waals surface area contributed by atoms with Gasteiger partial charge in [-0.2, -0.15) is 0 Å². The van der Waals surface area contributed by atoms with Crippen LogP contribution in [-0.4, -0.2) is 18.0 Å². The number of nitrogens with one attached hydrogen (secondary N) is 2. The van der Waals surface area contributed by atoms with Crippen LogP contribution in [0.15, 0.2) is 16.6 Å². The molecule has 1 amide bonds. The van der Waals surface area contributed by atoms with Crippen molar-refractivity contribution >= 4 is 50.7 Å². The highest BCUT2D eigenvalue weighted by atomic mass is 79.9. The lowest BCUT2D eigenvalue weighted by Crippen LogP contribution is -2.42. The summed E-state index contributed by atoms with van der Waals surface area (Å²) < 4.78 is 0.726. The van der Waals surface area contributed by atoms with Gasteiger partial charge in [0.1, 0.15) is 6.04 Å². The van der Waals surface area contributed by atoms with Gasteiger partial charge >= 0.3 is 0 Å². The van der Waals surface area contributed by atoms with Gasteiger partial charge in [-0.05, 0) is 47.8 Å². The van der Waals surface area contributed by atoms with Crippen LogP contribution in [0.4, 0.5) is 5.69 Å². The van der Waals surface area contributed by atoms with Gasteiger partial charge in [-0.3, -0.25) is 4.79 Å². The first-order chi connectivity index (χ1) is 9.40. The second-order valence-corrected chi connectivity index (χ2v) is 6.22. The van der Waals surface area contributed by atoms with Crippen LogP contribution < -0.4 is 10.6 Å². The molecular weight excluding hydrogens is 363 g/mol. The summed E-state index contributed by atoms with van der Waals surface area (Å²) in [6.45, 7) is 5.90. The highest BCUT2D eigenvalue weighted by molar-refractivity contribution is 9.10. The van der Waals surface area contributed by atoms with Crippen LogP contribution in [0.5, 0.6) is 0 Å². The highest BCUT2D eigenvalue weighted by Gasteiger charge is 2.17. The maximum absolute atomic E-state index is 12.1. The van der Waals surface area contributed by atoms with E-state index in [1.54, 1.807) is 19.1 Å². The Morgan fingerprint density at radius 3 is 2.40 bits per heavy atom. The Bertz CT molecular complexity index is 478. The quantitative estimate of drug-likeness (QED) is 0.690. The Morgan fingerprint density at radius 2 is 1.85 bits per heavy atom. The first kappa shape index (κ1) is 17.6. The predicted octanol–water partition coefficient (Wildman–Crippen LogP) is 4.86. The van der Waals surface area contributed by atoms with Crippen LogP contribution in [0.25, 0.3) is 0 Å². The molecule has 1 atom stereocenters. The maximum Gasteiger partial charge on any atom is 0.242 e. The smallest absolute Gasteiger partial charge is 0.242 e. The third kappa shape index (κ3) is 4.54. The average Bonchev–Trinajstić information content (AvgIpc) is 2.44. The average molecular weight is 382 g/mol. The summed E-state index contributed by atoms with van der Waals surface area (Å²) in [6, 6.07) is 3.41. The van der Waals surface area contributed by atoms with Gasteiger partial charge in [0.15, 0.2) is 0 Å². The van der Waals surface area contributed by atoms with E-state index in [4.69, 9.17) is 23.2 Å². The van der Waals surface area contributed by atoms with Crippen LogP contribution in [-0.2, 0) is 4.79 Å². The van der Waals surface area contributed by atoms with Gasteiger partial charge in [-0.15, -0.1) is 0 Å². The number of hydrogen-bond acceptors (Lipinski definition) is 2. The van der Waals surface area contributed by atoms with Gasteiger partial charge in [0.25, 0.3) is 0 Å². The largest absolute Gasteiger partial charge is 0.373 e. The highest BCUT2D eigenvalue weighted by Crippen LogP contribution is 2.36. The van der Waals surface area contributed by atoms with E-state index < -0.39 is 0 Å². The summed E-state index contributed by atoms with van der Waals surface area (Å²) in [4.78, 5) is 12.1. The molecule has 1 rings (SSSR count). The molecule has 1 unspecified atom stereocenters. The van der Waals surface area contributed by atoms with E-state index in [9.17, 15) is 4.79 Å². The molecule has 20 heavy (non-hydrogen) atoms. The van der Waals surface area contributed by atoms with E-state index in [0.717, 1.165) is 17.3 Å². The normalized spacial score (nSPS) is 12.3. The van der Waals surface area contributed by atoms with Gasteiger partial charge in [0.2, 0.25) is 5.91 Å². The van der Waals surface area contributed by atoms with Crippen molar-refractivity contribution in [3.8, 4) is 0 Å². The van der Waals surface area contributed by atoms with E-state index in [-0.39, 0.29) is 18.0 Å². The third-order valence-corrected chi connectivity index (χ3v) is 4.90. The first-order valence-electron chi connectivity index (χ1n) is 6.61. The number of rotatable bonds is 6. The van der Waals surface area contributed by atoms with Crippen LogP contribution in [0, 0.1) is 0 Å². The van der Waals surface area contributed by atoms with E-state index in [1.807, 2.05) is 0 Å². The van der Waals surface area contributed by atoms with Crippen molar-refractivity contribution < 1.29 is 4.79 Å². The Kier molecular flexibility index (Phi) is 7.13. The second-order valence-electron chi connectivity index (χ2n) is 4.61. The number of carbonyl (C=O) groups excluding carboxylic acids is 1. The zero-order valence-corrected chi connectivity index (χ0v) is 14.9. The fourth-order valence-electron chi connectivity index (χ4n) is 1.76. The number of amides is 1. The van der Waals surface area contributed by atoms with Crippen LogP contribution in [0.1, 0.15) is 33.6 Å². The molecule has 0 aliphatic rings. The van der Waals surface area contributed by atoms with Gasteiger partial charge in [0.05, 0.1) is 15.7 Å². The predicted molar refractivity (Wildman–Crippen MR) is 89.8 cm³/mol. The molecule has 0 radical (unpaired) electrons. The second kappa shape index (κ2) is 8.11. The standard InChI is InChI=1S/C14H19BrCl2N2O/c1-4-9(5-2)19-14(20)8(3)18-11-7-6-10(15)12(16)13(11)17/h6-9,18H,4-5H2,1-3H3,(H,19,20). The number of benzene rings is 1. The molecule has 0 fully saturated rings. The molecule has 0 saturated carbocycles. The zero-order chi connectivity index (χ0) is 15.3. The number of carbonyl (C=O) groups is 1. The van der Waals surface area contributed by atoms with E-state index in [1.165, 1.54) is 0 Å². The van der Waals surface area contributed by atoms with Crippen molar-refractivity contribution in [3.63, 3.8) is 0 Å². The molecule has 0 spiro atoms. The van der Waals surface area contributed by atoms with Crippen molar-refractivity contribution in [3.05, 3.63) is 26.7 Å². The first-order valence-corrected chi connectivity index (χ1v) is 8.15. The molecule has 2 N–H and O–H groups in total.